The lowest BCUT2D eigenvalue weighted by atomic mass is 10.2. The Balaban J connectivity index is 1.87. The molecular formula is C16H19N3O2S2. The van der Waals surface area contributed by atoms with E-state index in [0.717, 1.165) is 28.4 Å². The molecule has 7 heteroatoms. The van der Waals surface area contributed by atoms with Gasteiger partial charge in [-0.1, -0.05) is 6.07 Å². The van der Waals surface area contributed by atoms with E-state index in [4.69, 9.17) is 0 Å². The molecule has 1 saturated heterocycles. The van der Waals surface area contributed by atoms with Crippen molar-refractivity contribution in [2.45, 2.75) is 25.8 Å². The summed E-state index contributed by atoms with van der Waals surface area (Å²) in [4.78, 5) is 34.7. The van der Waals surface area contributed by atoms with Gasteiger partial charge in [-0.2, -0.15) is 0 Å². The number of carbonyl (C=O) groups is 2. The van der Waals surface area contributed by atoms with Gasteiger partial charge in [0, 0.05) is 20.6 Å². The molecule has 3 rings (SSSR count). The largest absolute Gasteiger partial charge is 0.347 e. The van der Waals surface area contributed by atoms with Crippen LogP contribution in [-0.4, -0.2) is 53.3 Å². The molecule has 0 saturated carbocycles. The summed E-state index contributed by atoms with van der Waals surface area (Å²) in [5.41, 5.74) is 0.742. The molecule has 1 fully saturated rings. The SMILES string of the molecule is Cc1nc(-c2cccs2)sc1C(=O)N1CCC[C@@H]1C(=O)N(C)C. The molecule has 0 N–H and O–H groups in total. The van der Waals surface area contributed by atoms with Crippen LogP contribution in [0.4, 0.5) is 0 Å². The number of hydrogen-bond donors (Lipinski definition) is 0. The van der Waals surface area contributed by atoms with E-state index in [1.807, 2.05) is 24.4 Å². The lowest BCUT2D eigenvalue weighted by molar-refractivity contribution is -0.132. The van der Waals surface area contributed by atoms with Crippen LogP contribution in [0.3, 0.4) is 0 Å². The number of rotatable bonds is 3. The van der Waals surface area contributed by atoms with Gasteiger partial charge in [-0.25, -0.2) is 4.98 Å². The van der Waals surface area contributed by atoms with Gasteiger partial charge in [0.25, 0.3) is 5.91 Å². The molecule has 122 valence electrons. The number of nitrogens with zero attached hydrogens (tertiary/aromatic N) is 3. The number of likely N-dealkylation sites (N-methyl/N-ethyl adjacent to an activating group) is 1. The second-order valence-electron chi connectivity index (χ2n) is 5.80. The van der Waals surface area contributed by atoms with E-state index < -0.39 is 0 Å². The first-order valence-electron chi connectivity index (χ1n) is 7.52. The summed E-state index contributed by atoms with van der Waals surface area (Å²) in [7, 11) is 3.46. The summed E-state index contributed by atoms with van der Waals surface area (Å²) in [5, 5.41) is 2.87. The summed E-state index contributed by atoms with van der Waals surface area (Å²) in [6.45, 7) is 2.49. The van der Waals surface area contributed by atoms with E-state index in [2.05, 4.69) is 4.98 Å². The third-order valence-electron chi connectivity index (χ3n) is 3.96. The highest BCUT2D eigenvalue weighted by molar-refractivity contribution is 7.22. The fourth-order valence-corrected chi connectivity index (χ4v) is 4.61. The fourth-order valence-electron chi connectivity index (χ4n) is 2.80. The highest BCUT2D eigenvalue weighted by atomic mass is 32.1. The Hall–Kier alpha value is -1.73. The van der Waals surface area contributed by atoms with E-state index in [-0.39, 0.29) is 17.9 Å². The average molecular weight is 349 g/mol. The van der Waals surface area contributed by atoms with Gasteiger partial charge in [0.1, 0.15) is 15.9 Å². The molecule has 3 heterocycles. The van der Waals surface area contributed by atoms with Crippen molar-refractivity contribution in [2.75, 3.05) is 20.6 Å². The van der Waals surface area contributed by atoms with Crippen molar-refractivity contribution in [1.29, 1.82) is 0 Å². The van der Waals surface area contributed by atoms with Gasteiger partial charge in [-0.15, -0.1) is 22.7 Å². The van der Waals surface area contributed by atoms with Crippen LogP contribution in [0.5, 0.6) is 0 Å². The predicted molar refractivity (Wildman–Crippen MR) is 92.9 cm³/mol. The minimum absolute atomic E-state index is 0.00324. The zero-order valence-corrected chi connectivity index (χ0v) is 15.0. The molecule has 2 aromatic heterocycles. The first-order chi connectivity index (χ1) is 11.0. The molecule has 2 aromatic rings. The number of aryl methyl sites for hydroxylation is 1. The Bertz CT molecular complexity index is 722. The van der Waals surface area contributed by atoms with Crippen LogP contribution >= 0.6 is 22.7 Å². The maximum Gasteiger partial charge on any atom is 0.266 e. The normalized spacial score (nSPS) is 17.5. The van der Waals surface area contributed by atoms with Gasteiger partial charge >= 0.3 is 0 Å². The quantitative estimate of drug-likeness (QED) is 0.856. The monoisotopic (exact) mass is 349 g/mol. The van der Waals surface area contributed by atoms with Crippen LogP contribution in [0, 0.1) is 6.92 Å². The third kappa shape index (κ3) is 3.03. The van der Waals surface area contributed by atoms with Crippen LogP contribution < -0.4 is 0 Å². The standard InChI is InChI=1S/C16H19N3O2S2/c1-10-13(23-14(17-10)12-7-5-9-22-12)16(21)19-8-4-6-11(19)15(20)18(2)3/h5,7,9,11H,4,6,8H2,1-3H3/t11-/m1/s1. The first-order valence-corrected chi connectivity index (χ1v) is 9.22. The van der Waals surface area contributed by atoms with Crippen molar-refractivity contribution >= 4 is 34.5 Å². The van der Waals surface area contributed by atoms with Crippen LogP contribution in [0.15, 0.2) is 17.5 Å². The highest BCUT2D eigenvalue weighted by Gasteiger charge is 2.36. The molecule has 0 radical (unpaired) electrons. The summed E-state index contributed by atoms with van der Waals surface area (Å²) >= 11 is 3.03. The molecule has 0 unspecified atom stereocenters. The first kappa shape index (κ1) is 16.1. The maximum atomic E-state index is 12.9. The molecule has 5 nitrogen and oxygen atoms in total. The fraction of sp³-hybridized carbons (Fsp3) is 0.438. The Morgan fingerprint density at radius 3 is 2.83 bits per heavy atom. The van der Waals surface area contributed by atoms with Gasteiger partial charge in [0.05, 0.1) is 10.6 Å². The molecule has 23 heavy (non-hydrogen) atoms. The number of aromatic nitrogens is 1. The third-order valence-corrected chi connectivity index (χ3v) is 6.15. The second kappa shape index (κ2) is 6.41. The van der Waals surface area contributed by atoms with Crippen molar-refractivity contribution in [3.05, 3.63) is 28.1 Å². The zero-order chi connectivity index (χ0) is 16.6. The van der Waals surface area contributed by atoms with E-state index in [1.165, 1.54) is 11.3 Å². The molecular weight excluding hydrogens is 330 g/mol. The van der Waals surface area contributed by atoms with Crippen molar-refractivity contribution in [2.24, 2.45) is 0 Å². The van der Waals surface area contributed by atoms with Gasteiger partial charge in [0.2, 0.25) is 5.91 Å². The minimum atomic E-state index is -0.343. The van der Waals surface area contributed by atoms with Crippen molar-refractivity contribution in [3.8, 4) is 9.88 Å². The van der Waals surface area contributed by atoms with Crippen LogP contribution in [0.1, 0.15) is 28.2 Å². The van der Waals surface area contributed by atoms with E-state index in [0.29, 0.717) is 11.4 Å². The lowest BCUT2D eigenvalue weighted by Crippen LogP contribution is -2.45. The molecule has 0 aliphatic carbocycles. The highest BCUT2D eigenvalue weighted by Crippen LogP contribution is 2.33. The Morgan fingerprint density at radius 1 is 1.39 bits per heavy atom. The average Bonchev–Trinajstić information content (AvgIpc) is 3.25. The molecule has 0 bridgehead atoms. The van der Waals surface area contributed by atoms with Crippen molar-refractivity contribution < 1.29 is 9.59 Å². The molecule has 1 aliphatic heterocycles. The topological polar surface area (TPSA) is 53.5 Å². The molecule has 2 amide bonds. The Kier molecular flexibility index (Phi) is 4.50. The summed E-state index contributed by atoms with van der Waals surface area (Å²) in [5.74, 6) is -0.0722. The Morgan fingerprint density at radius 2 is 2.17 bits per heavy atom. The molecule has 0 spiro atoms. The summed E-state index contributed by atoms with van der Waals surface area (Å²) < 4.78 is 0. The smallest absolute Gasteiger partial charge is 0.266 e. The van der Waals surface area contributed by atoms with Gasteiger partial charge in [-0.05, 0) is 31.2 Å². The number of likely N-dealkylation sites (tertiary alicyclic amines) is 1. The second-order valence-corrected chi connectivity index (χ2v) is 7.75. The zero-order valence-electron chi connectivity index (χ0n) is 13.4. The number of hydrogen-bond acceptors (Lipinski definition) is 5. The number of carbonyl (C=O) groups excluding carboxylic acids is 2. The number of thiophene rings is 1. The predicted octanol–water partition coefficient (Wildman–Crippen LogP) is 2.87. The van der Waals surface area contributed by atoms with Crippen LogP contribution in [-0.2, 0) is 4.79 Å². The lowest BCUT2D eigenvalue weighted by Gasteiger charge is -2.25. The maximum absolute atomic E-state index is 12.9. The van der Waals surface area contributed by atoms with Crippen LogP contribution in [0.2, 0.25) is 0 Å². The van der Waals surface area contributed by atoms with E-state index >= 15 is 0 Å². The van der Waals surface area contributed by atoms with Crippen molar-refractivity contribution in [1.82, 2.24) is 14.8 Å². The number of thiazole rings is 1. The van der Waals surface area contributed by atoms with Crippen LogP contribution in [0.25, 0.3) is 9.88 Å². The Labute approximate surface area is 143 Å². The minimum Gasteiger partial charge on any atom is -0.347 e. The van der Waals surface area contributed by atoms with Gasteiger partial charge < -0.3 is 9.80 Å². The van der Waals surface area contributed by atoms with Crippen molar-refractivity contribution in [3.63, 3.8) is 0 Å². The molecule has 1 atom stereocenters. The number of amides is 2. The van der Waals surface area contributed by atoms with E-state index in [9.17, 15) is 9.59 Å². The summed E-state index contributed by atoms with van der Waals surface area (Å²) in [6, 6.07) is 3.64. The van der Waals surface area contributed by atoms with E-state index in [1.54, 1.807) is 35.2 Å². The molecule has 1 aliphatic rings. The van der Waals surface area contributed by atoms with Gasteiger partial charge in [-0.3, -0.25) is 9.59 Å². The molecule has 0 aromatic carbocycles. The van der Waals surface area contributed by atoms with Gasteiger partial charge in [0.15, 0.2) is 0 Å². The summed E-state index contributed by atoms with van der Waals surface area (Å²) in [6.07, 6.45) is 1.60.